The van der Waals surface area contributed by atoms with Crippen molar-refractivity contribution in [1.29, 1.82) is 0 Å². The van der Waals surface area contributed by atoms with Crippen molar-refractivity contribution in [3.63, 3.8) is 0 Å². The van der Waals surface area contributed by atoms with Gasteiger partial charge in [-0.2, -0.15) is 0 Å². The van der Waals surface area contributed by atoms with Crippen molar-refractivity contribution in [2.45, 2.75) is 37.6 Å². The lowest BCUT2D eigenvalue weighted by molar-refractivity contribution is -0.121. The average Bonchev–Trinajstić information content (AvgIpc) is 2.51. The summed E-state index contributed by atoms with van der Waals surface area (Å²) < 4.78 is 25.5. The molecule has 0 aromatic heterocycles. The molecule has 7 heteroatoms. The molecule has 6 nitrogen and oxygen atoms in total. The van der Waals surface area contributed by atoms with Crippen molar-refractivity contribution in [2.24, 2.45) is 0 Å². The normalized spacial score (nSPS) is 12.9. The number of amides is 1. The molecule has 0 radical (unpaired) electrons. The third kappa shape index (κ3) is 6.13. The Balaban J connectivity index is 2.43. The maximum atomic E-state index is 11.8. The highest BCUT2D eigenvalue weighted by Crippen LogP contribution is 2.11. The number of nitrogens with one attached hydrogen (secondary N) is 3. The second kappa shape index (κ2) is 8.87. The summed E-state index contributed by atoms with van der Waals surface area (Å²) in [5, 5.41) is 6.10. The molecule has 1 aromatic rings. The summed E-state index contributed by atoms with van der Waals surface area (Å²) in [5.74, 6) is -0.00308. The fraction of sp³-hybridized carbons (Fsp3) is 0.533. The van der Waals surface area contributed by atoms with E-state index in [0.29, 0.717) is 19.4 Å². The number of likely N-dealkylation sites (N-methyl/N-ethyl adjacent to an activating group) is 1. The molecule has 124 valence electrons. The summed E-state index contributed by atoms with van der Waals surface area (Å²) in [7, 11) is -2.03. The second-order valence-corrected chi connectivity index (χ2v) is 7.00. The van der Waals surface area contributed by atoms with Gasteiger partial charge in [-0.05, 0) is 44.6 Å². The van der Waals surface area contributed by atoms with Crippen LogP contribution in [-0.2, 0) is 21.2 Å². The molecule has 3 N–H and O–H groups in total. The van der Waals surface area contributed by atoms with E-state index in [2.05, 4.69) is 15.4 Å². The zero-order chi connectivity index (χ0) is 16.6. The first-order valence-corrected chi connectivity index (χ1v) is 8.90. The van der Waals surface area contributed by atoms with Gasteiger partial charge in [-0.15, -0.1) is 0 Å². The van der Waals surface area contributed by atoms with E-state index in [4.69, 9.17) is 0 Å². The van der Waals surface area contributed by atoms with Crippen LogP contribution in [0.2, 0.25) is 0 Å². The summed E-state index contributed by atoms with van der Waals surface area (Å²) in [6.45, 7) is 5.52. The molecule has 0 saturated heterocycles. The third-order valence-electron chi connectivity index (χ3n) is 3.30. The summed E-state index contributed by atoms with van der Waals surface area (Å²) in [4.78, 5) is 12.0. The first kappa shape index (κ1) is 18.6. The maximum Gasteiger partial charge on any atom is 0.240 e. The second-order valence-electron chi connectivity index (χ2n) is 5.11. The Kier molecular flexibility index (Phi) is 7.50. The molecule has 0 bridgehead atoms. The Morgan fingerprint density at radius 2 is 1.86 bits per heavy atom. The highest BCUT2D eigenvalue weighted by Gasteiger charge is 2.11. The van der Waals surface area contributed by atoms with Crippen molar-refractivity contribution in [2.75, 3.05) is 20.1 Å². The third-order valence-corrected chi connectivity index (χ3v) is 4.73. The minimum absolute atomic E-state index is 0.00308. The smallest absolute Gasteiger partial charge is 0.240 e. The van der Waals surface area contributed by atoms with E-state index in [9.17, 15) is 13.2 Å². The Labute approximate surface area is 132 Å². The Hall–Kier alpha value is -1.44. The largest absolute Gasteiger partial charge is 0.355 e. The number of carbonyl (C=O) groups is 1. The molecule has 0 saturated carbocycles. The molecule has 1 aromatic carbocycles. The van der Waals surface area contributed by atoms with Crippen molar-refractivity contribution < 1.29 is 13.2 Å². The van der Waals surface area contributed by atoms with Crippen LogP contribution in [0, 0.1) is 0 Å². The van der Waals surface area contributed by atoms with Crippen molar-refractivity contribution >= 4 is 15.9 Å². The van der Waals surface area contributed by atoms with Gasteiger partial charge >= 0.3 is 0 Å². The van der Waals surface area contributed by atoms with Gasteiger partial charge in [0.2, 0.25) is 15.9 Å². The number of hydrogen-bond acceptors (Lipinski definition) is 4. The molecule has 0 aliphatic carbocycles. The highest BCUT2D eigenvalue weighted by atomic mass is 32.2. The average molecular weight is 327 g/mol. The van der Waals surface area contributed by atoms with Crippen molar-refractivity contribution in [3.8, 4) is 0 Å². The van der Waals surface area contributed by atoms with E-state index in [1.165, 1.54) is 7.05 Å². The van der Waals surface area contributed by atoms with Gasteiger partial charge in [0.25, 0.3) is 0 Å². The fourth-order valence-electron chi connectivity index (χ4n) is 1.99. The zero-order valence-corrected chi connectivity index (χ0v) is 14.2. The van der Waals surface area contributed by atoms with Gasteiger partial charge in [0, 0.05) is 19.0 Å². The van der Waals surface area contributed by atoms with Gasteiger partial charge in [0.05, 0.1) is 4.90 Å². The van der Waals surface area contributed by atoms with E-state index >= 15 is 0 Å². The monoisotopic (exact) mass is 327 g/mol. The molecule has 0 spiro atoms. The summed E-state index contributed by atoms with van der Waals surface area (Å²) >= 11 is 0. The molecular formula is C15H25N3O3S. The molecule has 0 aliphatic heterocycles. The van der Waals surface area contributed by atoms with Crippen molar-refractivity contribution in [3.05, 3.63) is 29.8 Å². The lowest BCUT2D eigenvalue weighted by atomic mass is 10.1. The maximum absolute atomic E-state index is 11.8. The van der Waals surface area contributed by atoms with Gasteiger partial charge in [0.1, 0.15) is 0 Å². The van der Waals surface area contributed by atoms with E-state index in [1.54, 1.807) is 24.3 Å². The molecule has 1 amide bonds. The number of rotatable bonds is 9. The van der Waals surface area contributed by atoms with Gasteiger partial charge in [0.15, 0.2) is 0 Å². The van der Waals surface area contributed by atoms with Gasteiger partial charge in [-0.3, -0.25) is 4.79 Å². The molecule has 0 aliphatic rings. The molecule has 22 heavy (non-hydrogen) atoms. The first-order chi connectivity index (χ1) is 10.4. The fourth-order valence-corrected chi connectivity index (χ4v) is 2.72. The van der Waals surface area contributed by atoms with Crippen LogP contribution < -0.4 is 15.4 Å². The number of benzene rings is 1. The van der Waals surface area contributed by atoms with Crippen LogP contribution in [0.15, 0.2) is 29.2 Å². The number of sulfonamides is 1. The minimum Gasteiger partial charge on any atom is -0.355 e. The van der Waals surface area contributed by atoms with E-state index in [0.717, 1.165) is 12.1 Å². The van der Waals surface area contributed by atoms with E-state index < -0.39 is 10.0 Å². The minimum atomic E-state index is -3.41. The number of carbonyl (C=O) groups excluding carboxylic acids is 1. The summed E-state index contributed by atoms with van der Waals surface area (Å²) in [6.07, 6.45) is 0.971. The molecule has 1 atom stereocenters. The van der Waals surface area contributed by atoms with Crippen LogP contribution >= 0.6 is 0 Å². The van der Waals surface area contributed by atoms with E-state index in [-0.39, 0.29) is 16.8 Å². The molecule has 0 fully saturated rings. The molecule has 0 heterocycles. The van der Waals surface area contributed by atoms with Crippen molar-refractivity contribution in [1.82, 2.24) is 15.4 Å². The van der Waals surface area contributed by atoms with Crippen LogP contribution in [0.4, 0.5) is 0 Å². The Morgan fingerprint density at radius 3 is 2.41 bits per heavy atom. The quantitative estimate of drug-likeness (QED) is 0.621. The number of hydrogen-bond donors (Lipinski definition) is 3. The highest BCUT2D eigenvalue weighted by molar-refractivity contribution is 7.89. The lowest BCUT2D eigenvalue weighted by Crippen LogP contribution is -2.38. The SMILES string of the molecule is CCN[C@H](C)CNC(=O)CCc1ccc(S(=O)(=O)NC)cc1. The van der Waals surface area contributed by atoms with Crippen LogP contribution in [0.1, 0.15) is 25.8 Å². The standard InChI is InChI=1S/C15H25N3O3S/c1-4-17-12(2)11-18-15(19)10-7-13-5-8-14(9-6-13)22(20,21)16-3/h5-6,8-9,12,16-17H,4,7,10-11H2,1-3H3,(H,18,19)/t12-/m1/s1. The molecule has 0 unspecified atom stereocenters. The molecule has 1 rings (SSSR count). The van der Waals surface area contributed by atoms with Gasteiger partial charge in [-0.1, -0.05) is 19.1 Å². The predicted molar refractivity (Wildman–Crippen MR) is 87.2 cm³/mol. The van der Waals surface area contributed by atoms with Crippen LogP contribution in [0.3, 0.4) is 0 Å². The van der Waals surface area contributed by atoms with E-state index in [1.807, 2.05) is 13.8 Å². The van der Waals surface area contributed by atoms with Gasteiger partial charge < -0.3 is 10.6 Å². The summed E-state index contributed by atoms with van der Waals surface area (Å²) in [6, 6.07) is 6.82. The topological polar surface area (TPSA) is 87.3 Å². The lowest BCUT2D eigenvalue weighted by Gasteiger charge is -2.13. The Bertz CT molecular complexity index is 570. The van der Waals surface area contributed by atoms with Crippen LogP contribution in [-0.4, -0.2) is 40.5 Å². The Morgan fingerprint density at radius 1 is 1.23 bits per heavy atom. The van der Waals surface area contributed by atoms with Crippen LogP contribution in [0.5, 0.6) is 0 Å². The van der Waals surface area contributed by atoms with Gasteiger partial charge in [-0.25, -0.2) is 13.1 Å². The first-order valence-electron chi connectivity index (χ1n) is 7.41. The predicted octanol–water partition coefficient (Wildman–Crippen LogP) is 0.642. The molecular weight excluding hydrogens is 302 g/mol. The summed E-state index contributed by atoms with van der Waals surface area (Å²) in [5.41, 5.74) is 0.935. The number of aryl methyl sites for hydroxylation is 1. The van der Waals surface area contributed by atoms with Crippen LogP contribution in [0.25, 0.3) is 0 Å². The zero-order valence-electron chi connectivity index (χ0n) is 13.3.